The summed E-state index contributed by atoms with van der Waals surface area (Å²) < 4.78 is 30.0. The molecule has 0 radical (unpaired) electrons. The van der Waals surface area contributed by atoms with Gasteiger partial charge in [-0.25, -0.2) is 4.79 Å². The van der Waals surface area contributed by atoms with Crippen LogP contribution >= 0.6 is 0 Å². The van der Waals surface area contributed by atoms with Gasteiger partial charge in [0.25, 0.3) is 0 Å². The largest absolute Gasteiger partial charge is 0.478 e. The SMILES string of the molecule is O=C(O)c1ccccc1N1NOS(=O)(=O)O1. The minimum atomic E-state index is -4.16. The van der Waals surface area contributed by atoms with E-state index in [1.807, 2.05) is 5.59 Å². The molecule has 1 fully saturated rings. The van der Waals surface area contributed by atoms with Gasteiger partial charge in [0, 0.05) is 0 Å². The molecule has 8 nitrogen and oxygen atoms in total. The second-order valence-corrected chi connectivity index (χ2v) is 3.91. The molecule has 0 atom stereocenters. The predicted octanol–water partition coefficient (Wildman–Crippen LogP) is -0.183. The number of para-hydroxylation sites is 1. The van der Waals surface area contributed by atoms with Crippen LogP contribution in [0.5, 0.6) is 0 Å². The molecule has 0 bridgehead atoms. The predicted molar refractivity (Wildman–Crippen MR) is 50.1 cm³/mol. The Bertz CT molecular complexity index is 527. The van der Waals surface area contributed by atoms with Crippen LogP contribution < -0.4 is 10.8 Å². The lowest BCUT2D eigenvalue weighted by Gasteiger charge is -2.12. The average molecular weight is 246 g/mol. The Morgan fingerprint density at radius 3 is 2.62 bits per heavy atom. The highest BCUT2D eigenvalue weighted by molar-refractivity contribution is 7.82. The summed E-state index contributed by atoms with van der Waals surface area (Å²) in [5, 5.41) is 9.47. The number of carboxylic acids is 1. The van der Waals surface area contributed by atoms with Gasteiger partial charge in [0.15, 0.2) is 0 Å². The summed E-state index contributed by atoms with van der Waals surface area (Å²) in [6, 6.07) is 5.68. The summed E-state index contributed by atoms with van der Waals surface area (Å²) >= 11 is 0. The fourth-order valence-electron chi connectivity index (χ4n) is 1.12. The van der Waals surface area contributed by atoms with Crippen molar-refractivity contribution in [1.82, 2.24) is 5.59 Å². The van der Waals surface area contributed by atoms with Gasteiger partial charge in [0.2, 0.25) is 0 Å². The van der Waals surface area contributed by atoms with Gasteiger partial charge in [-0.2, -0.15) is 8.42 Å². The normalized spacial score (nSPS) is 18.6. The van der Waals surface area contributed by atoms with E-state index in [0.29, 0.717) is 5.17 Å². The third kappa shape index (κ3) is 1.97. The molecule has 0 unspecified atom stereocenters. The van der Waals surface area contributed by atoms with Crippen molar-refractivity contribution in [3.63, 3.8) is 0 Å². The second-order valence-electron chi connectivity index (χ2n) is 2.77. The monoisotopic (exact) mass is 246 g/mol. The lowest BCUT2D eigenvalue weighted by atomic mass is 10.2. The summed E-state index contributed by atoms with van der Waals surface area (Å²) in [6.45, 7) is 0. The van der Waals surface area contributed by atoms with Crippen molar-refractivity contribution in [3.05, 3.63) is 29.8 Å². The van der Waals surface area contributed by atoms with Crippen molar-refractivity contribution in [3.8, 4) is 0 Å². The number of benzene rings is 1. The van der Waals surface area contributed by atoms with Crippen LogP contribution in [-0.4, -0.2) is 19.5 Å². The number of nitrogens with one attached hydrogen (secondary N) is 1. The molecule has 0 aromatic heterocycles. The highest BCUT2D eigenvalue weighted by Crippen LogP contribution is 2.23. The zero-order valence-electron chi connectivity index (χ0n) is 7.65. The molecule has 0 spiro atoms. The average Bonchev–Trinajstić information content (AvgIpc) is 2.59. The minimum Gasteiger partial charge on any atom is -0.478 e. The van der Waals surface area contributed by atoms with Gasteiger partial charge in [-0.3, -0.25) is 0 Å². The van der Waals surface area contributed by atoms with E-state index in [9.17, 15) is 13.2 Å². The molecule has 2 rings (SSSR count). The van der Waals surface area contributed by atoms with Crippen molar-refractivity contribution in [2.24, 2.45) is 0 Å². The number of nitrogens with zero attached hydrogens (tertiary/aromatic N) is 1. The van der Waals surface area contributed by atoms with Crippen LogP contribution in [0.2, 0.25) is 0 Å². The molecule has 1 aromatic carbocycles. The first kappa shape index (κ1) is 10.8. The van der Waals surface area contributed by atoms with E-state index in [0.717, 1.165) is 0 Å². The Morgan fingerprint density at radius 2 is 2.06 bits per heavy atom. The molecule has 1 heterocycles. The molecule has 1 saturated heterocycles. The van der Waals surface area contributed by atoms with Gasteiger partial charge in [0.1, 0.15) is 5.69 Å². The summed E-state index contributed by atoms with van der Waals surface area (Å²) in [5.74, 6) is -1.22. The van der Waals surface area contributed by atoms with Gasteiger partial charge >= 0.3 is 16.4 Å². The third-order valence-electron chi connectivity index (χ3n) is 1.74. The van der Waals surface area contributed by atoms with Crippen molar-refractivity contribution in [1.29, 1.82) is 0 Å². The third-order valence-corrected chi connectivity index (χ3v) is 2.35. The maximum absolute atomic E-state index is 10.8. The number of hydrogen-bond donors (Lipinski definition) is 2. The summed E-state index contributed by atoms with van der Waals surface area (Å²) in [4.78, 5) is 10.8. The van der Waals surface area contributed by atoms with E-state index in [4.69, 9.17) is 5.11 Å². The van der Waals surface area contributed by atoms with Crippen LogP contribution in [0.4, 0.5) is 5.69 Å². The molecule has 1 aliphatic rings. The van der Waals surface area contributed by atoms with Crippen LogP contribution in [0.15, 0.2) is 24.3 Å². The molecule has 0 aliphatic carbocycles. The molecular weight excluding hydrogens is 240 g/mol. The van der Waals surface area contributed by atoms with E-state index in [2.05, 4.69) is 8.57 Å². The minimum absolute atomic E-state index is 0.0103. The first-order chi connectivity index (χ1) is 7.49. The summed E-state index contributed by atoms with van der Waals surface area (Å²) in [5.41, 5.74) is 1.80. The van der Waals surface area contributed by atoms with E-state index >= 15 is 0 Å². The Hall–Kier alpha value is -1.68. The maximum atomic E-state index is 10.8. The quantitative estimate of drug-likeness (QED) is 0.740. The van der Waals surface area contributed by atoms with Crippen molar-refractivity contribution in [2.45, 2.75) is 0 Å². The van der Waals surface area contributed by atoms with Gasteiger partial charge < -0.3 is 5.11 Å². The molecule has 0 saturated carbocycles. The fourth-order valence-corrected chi connectivity index (χ4v) is 1.60. The standard InChI is InChI=1S/C7H6N2O6S/c10-7(11)5-3-1-2-4-6(5)9-8-14-16(12,13)15-9/h1-4,8H,(H,10,11). The highest BCUT2D eigenvalue weighted by atomic mass is 32.3. The Morgan fingerprint density at radius 1 is 1.38 bits per heavy atom. The van der Waals surface area contributed by atoms with Crippen molar-refractivity contribution >= 4 is 22.1 Å². The zero-order valence-corrected chi connectivity index (χ0v) is 8.47. The first-order valence-electron chi connectivity index (χ1n) is 4.01. The number of aromatic carboxylic acids is 1. The lowest BCUT2D eigenvalue weighted by Crippen LogP contribution is -2.29. The number of anilines is 1. The first-order valence-corrected chi connectivity index (χ1v) is 5.34. The topological polar surface area (TPSA) is 105 Å². The Labute approximate surface area is 90.2 Å². The summed E-state index contributed by atoms with van der Waals surface area (Å²) in [7, 11) is -4.16. The van der Waals surface area contributed by atoms with Gasteiger partial charge in [-0.15, -0.1) is 13.7 Å². The Balaban J connectivity index is 2.38. The van der Waals surface area contributed by atoms with E-state index < -0.39 is 16.4 Å². The van der Waals surface area contributed by atoms with Crippen LogP contribution in [0, 0.1) is 0 Å². The molecule has 16 heavy (non-hydrogen) atoms. The molecule has 2 N–H and O–H groups in total. The fraction of sp³-hybridized carbons (Fsp3) is 0. The molecular formula is C7H6N2O6S. The van der Waals surface area contributed by atoms with Crippen LogP contribution in [0.3, 0.4) is 0 Å². The van der Waals surface area contributed by atoms with Crippen molar-refractivity contribution < 1.29 is 26.9 Å². The van der Waals surface area contributed by atoms with Gasteiger partial charge in [-0.05, 0) is 12.1 Å². The maximum Gasteiger partial charge on any atom is 0.440 e. The molecule has 1 aliphatic heterocycles. The molecule has 1 aromatic rings. The van der Waals surface area contributed by atoms with Crippen molar-refractivity contribution in [2.75, 3.05) is 5.17 Å². The highest BCUT2D eigenvalue weighted by Gasteiger charge is 2.31. The van der Waals surface area contributed by atoms with E-state index in [1.165, 1.54) is 24.3 Å². The van der Waals surface area contributed by atoms with E-state index in [1.54, 1.807) is 0 Å². The van der Waals surface area contributed by atoms with Crippen LogP contribution in [0.25, 0.3) is 0 Å². The molecule has 0 amide bonds. The smallest absolute Gasteiger partial charge is 0.440 e. The number of rotatable bonds is 2. The number of hydrazine groups is 1. The molecule has 86 valence electrons. The number of carboxylic acid groups (broad SMARTS) is 1. The Kier molecular flexibility index (Phi) is 2.52. The zero-order chi connectivity index (χ0) is 11.8. The van der Waals surface area contributed by atoms with Gasteiger partial charge in [0.05, 0.1) is 5.56 Å². The summed E-state index contributed by atoms with van der Waals surface area (Å²) in [6.07, 6.45) is 0. The number of carbonyl (C=O) groups is 1. The molecule has 9 heteroatoms. The number of hydrogen-bond acceptors (Lipinski definition) is 7. The van der Waals surface area contributed by atoms with E-state index in [-0.39, 0.29) is 11.3 Å². The van der Waals surface area contributed by atoms with Crippen LogP contribution in [-0.2, 0) is 19.0 Å². The second kappa shape index (κ2) is 3.72. The van der Waals surface area contributed by atoms with Crippen LogP contribution in [0.1, 0.15) is 10.4 Å². The van der Waals surface area contributed by atoms with Gasteiger partial charge in [-0.1, -0.05) is 17.7 Å². The lowest BCUT2D eigenvalue weighted by molar-refractivity contribution is 0.0695.